The number of carbonyl (C=O) groups excluding carboxylic acids is 3. The van der Waals surface area contributed by atoms with E-state index in [2.05, 4.69) is 22.3 Å². The van der Waals surface area contributed by atoms with Crippen LogP contribution in [0.5, 0.6) is 0 Å². The molecule has 8 nitrogen and oxygen atoms in total. The van der Waals surface area contributed by atoms with E-state index in [9.17, 15) is 14.4 Å². The number of hydrogen-bond donors (Lipinski definition) is 1. The predicted octanol–water partition coefficient (Wildman–Crippen LogP) is 1.85. The largest absolute Gasteiger partial charge is 0.384 e. The Bertz CT molecular complexity index is 815. The Morgan fingerprint density at radius 1 is 1.09 bits per heavy atom. The number of ether oxygens (including phenoxy) is 1. The van der Waals surface area contributed by atoms with Crippen LogP contribution in [0, 0.1) is 5.92 Å². The highest BCUT2D eigenvalue weighted by atomic mass is 16.5. The first-order valence-corrected chi connectivity index (χ1v) is 11.7. The number of nitrogens with zero attached hydrogens (tertiary/aromatic N) is 3. The van der Waals surface area contributed by atoms with E-state index >= 15 is 0 Å². The van der Waals surface area contributed by atoms with Crippen molar-refractivity contribution in [1.82, 2.24) is 20.0 Å². The number of likely N-dealkylation sites (tertiary alicyclic amines) is 2. The van der Waals surface area contributed by atoms with Gasteiger partial charge in [-0.1, -0.05) is 30.3 Å². The molecular formula is C24H34N4O4. The third kappa shape index (κ3) is 4.96. The van der Waals surface area contributed by atoms with E-state index in [1.807, 2.05) is 23.1 Å². The number of methoxy groups -OCH3 is 1. The van der Waals surface area contributed by atoms with Gasteiger partial charge in [0, 0.05) is 46.4 Å². The summed E-state index contributed by atoms with van der Waals surface area (Å²) in [6.07, 6.45) is 3.32. The second-order valence-electron chi connectivity index (χ2n) is 9.26. The molecule has 1 spiro atoms. The van der Waals surface area contributed by atoms with E-state index in [-0.39, 0.29) is 23.8 Å². The lowest BCUT2D eigenvalue weighted by Gasteiger charge is -2.37. The summed E-state index contributed by atoms with van der Waals surface area (Å²) in [4.78, 5) is 43.8. The summed E-state index contributed by atoms with van der Waals surface area (Å²) in [5.74, 6) is 0.284. The van der Waals surface area contributed by atoms with E-state index in [1.54, 1.807) is 7.11 Å². The zero-order valence-corrected chi connectivity index (χ0v) is 18.9. The number of urea groups is 1. The number of nitrogens with one attached hydrogen (secondary N) is 1. The molecule has 3 heterocycles. The first kappa shape index (κ1) is 22.7. The fraction of sp³-hybridized carbons (Fsp3) is 0.625. The van der Waals surface area contributed by atoms with E-state index < -0.39 is 5.54 Å². The van der Waals surface area contributed by atoms with Crippen LogP contribution in [0.3, 0.4) is 0 Å². The minimum atomic E-state index is -0.749. The van der Waals surface area contributed by atoms with Crippen molar-refractivity contribution in [2.45, 2.75) is 44.2 Å². The molecule has 0 bridgehead atoms. The van der Waals surface area contributed by atoms with Crippen LogP contribution in [0.1, 0.15) is 37.7 Å². The van der Waals surface area contributed by atoms with Gasteiger partial charge in [-0.2, -0.15) is 0 Å². The van der Waals surface area contributed by atoms with Gasteiger partial charge in [-0.05, 0) is 37.2 Å². The summed E-state index contributed by atoms with van der Waals surface area (Å²) in [5.41, 5.74) is 0.514. The Balaban J connectivity index is 1.27. The summed E-state index contributed by atoms with van der Waals surface area (Å²) in [5, 5.41) is 3.03. The summed E-state index contributed by atoms with van der Waals surface area (Å²) in [6.45, 7) is 4.68. The van der Waals surface area contributed by atoms with Crippen LogP contribution in [0.2, 0.25) is 0 Å². The third-order valence-electron chi connectivity index (χ3n) is 7.13. The zero-order chi connectivity index (χ0) is 22.6. The van der Waals surface area contributed by atoms with Crippen LogP contribution >= 0.6 is 0 Å². The van der Waals surface area contributed by atoms with E-state index in [0.29, 0.717) is 45.5 Å². The topological polar surface area (TPSA) is 82.2 Å². The van der Waals surface area contributed by atoms with Crippen molar-refractivity contribution in [2.24, 2.45) is 5.92 Å². The number of imide groups is 1. The van der Waals surface area contributed by atoms with Crippen molar-refractivity contribution in [3.05, 3.63) is 35.9 Å². The van der Waals surface area contributed by atoms with Crippen molar-refractivity contribution < 1.29 is 19.1 Å². The zero-order valence-electron chi connectivity index (χ0n) is 18.9. The van der Waals surface area contributed by atoms with Gasteiger partial charge < -0.3 is 15.0 Å². The molecule has 3 fully saturated rings. The average Bonchev–Trinajstić information content (AvgIpc) is 3.04. The molecule has 1 N–H and O–H groups in total. The fourth-order valence-corrected chi connectivity index (χ4v) is 5.09. The summed E-state index contributed by atoms with van der Waals surface area (Å²) in [6, 6.07) is 10.1. The van der Waals surface area contributed by atoms with Gasteiger partial charge in [-0.25, -0.2) is 4.79 Å². The van der Waals surface area contributed by atoms with Crippen LogP contribution in [0.4, 0.5) is 4.79 Å². The molecule has 0 atom stereocenters. The Kier molecular flexibility index (Phi) is 7.10. The van der Waals surface area contributed by atoms with Crippen molar-refractivity contribution in [1.29, 1.82) is 0 Å². The first-order chi connectivity index (χ1) is 15.5. The van der Waals surface area contributed by atoms with Gasteiger partial charge in [0.1, 0.15) is 5.54 Å². The van der Waals surface area contributed by atoms with Crippen LogP contribution in [0.15, 0.2) is 30.3 Å². The van der Waals surface area contributed by atoms with Crippen LogP contribution in [0.25, 0.3) is 0 Å². The maximum absolute atomic E-state index is 13.3. The Labute approximate surface area is 189 Å². The number of carbonyl (C=O) groups is 3. The predicted molar refractivity (Wildman–Crippen MR) is 120 cm³/mol. The van der Waals surface area contributed by atoms with Gasteiger partial charge in [-0.3, -0.25) is 19.4 Å². The molecule has 174 valence electrons. The Morgan fingerprint density at radius 2 is 1.78 bits per heavy atom. The number of piperidine rings is 2. The minimum absolute atomic E-state index is 0.0690. The molecule has 3 saturated heterocycles. The molecule has 1 aromatic carbocycles. The molecule has 3 aliphatic rings. The smallest absolute Gasteiger partial charge is 0.325 e. The average molecular weight is 443 g/mol. The van der Waals surface area contributed by atoms with Crippen molar-refractivity contribution >= 4 is 17.8 Å². The monoisotopic (exact) mass is 442 g/mol. The molecule has 0 unspecified atom stereocenters. The van der Waals surface area contributed by atoms with E-state index in [4.69, 9.17) is 4.74 Å². The highest BCUT2D eigenvalue weighted by Crippen LogP contribution is 2.31. The van der Waals surface area contributed by atoms with Gasteiger partial charge in [0.05, 0.1) is 13.0 Å². The highest BCUT2D eigenvalue weighted by molar-refractivity contribution is 6.07. The number of benzene rings is 1. The van der Waals surface area contributed by atoms with Gasteiger partial charge in [0.25, 0.3) is 5.91 Å². The molecule has 3 aliphatic heterocycles. The molecule has 32 heavy (non-hydrogen) atoms. The van der Waals surface area contributed by atoms with Gasteiger partial charge in [0.2, 0.25) is 5.91 Å². The van der Waals surface area contributed by atoms with Crippen molar-refractivity contribution in [3.8, 4) is 0 Å². The SMILES string of the molecule is COCCC(=O)N1CCC(CN2C(=O)NC3(CCN(Cc4ccccc4)CC3)C2=O)CC1. The standard InChI is InChI=1S/C24H34N4O4/c1-32-16-9-21(29)27-12-7-20(8-13-27)18-28-22(30)24(25-23(28)31)10-14-26(15-11-24)17-19-5-3-2-4-6-19/h2-6,20H,7-18H2,1H3,(H,25,31). The summed E-state index contributed by atoms with van der Waals surface area (Å²) < 4.78 is 4.99. The molecule has 0 aliphatic carbocycles. The van der Waals surface area contributed by atoms with E-state index in [0.717, 1.165) is 32.5 Å². The minimum Gasteiger partial charge on any atom is -0.384 e. The van der Waals surface area contributed by atoms with Gasteiger partial charge >= 0.3 is 6.03 Å². The van der Waals surface area contributed by atoms with Crippen LogP contribution < -0.4 is 5.32 Å². The maximum atomic E-state index is 13.3. The number of hydrogen-bond acceptors (Lipinski definition) is 5. The second kappa shape index (κ2) is 10.0. The Hall–Kier alpha value is -2.45. The molecule has 8 heteroatoms. The molecule has 0 aromatic heterocycles. The quantitative estimate of drug-likeness (QED) is 0.652. The fourth-order valence-electron chi connectivity index (χ4n) is 5.09. The number of amides is 4. The molecule has 0 radical (unpaired) electrons. The molecule has 4 amide bonds. The van der Waals surface area contributed by atoms with Crippen molar-refractivity contribution in [3.63, 3.8) is 0 Å². The van der Waals surface area contributed by atoms with Gasteiger partial charge in [-0.15, -0.1) is 0 Å². The molecule has 4 rings (SSSR count). The summed E-state index contributed by atoms with van der Waals surface area (Å²) in [7, 11) is 1.59. The lowest BCUT2D eigenvalue weighted by Crippen LogP contribution is -2.54. The first-order valence-electron chi connectivity index (χ1n) is 11.7. The van der Waals surface area contributed by atoms with Crippen LogP contribution in [-0.2, 0) is 20.9 Å². The normalized spacial score (nSPS) is 21.9. The van der Waals surface area contributed by atoms with Crippen LogP contribution in [-0.4, -0.2) is 84.5 Å². The molecule has 0 saturated carbocycles. The van der Waals surface area contributed by atoms with Gasteiger partial charge in [0.15, 0.2) is 0 Å². The summed E-state index contributed by atoms with van der Waals surface area (Å²) >= 11 is 0. The second-order valence-corrected chi connectivity index (χ2v) is 9.26. The lowest BCUT2D eigenvalue weighted by molar-refractivity contribution is -0.136. The Morgan fingerprint density at radius 3 is 2.44 bits per heavy atom. The molecular weight excluding hydrogens is 408 g/mol. The third-order valence-corrected chi connectivity index (χ3v) is 7.13. The van der Waals surface area contributed by atoms with Crippen molar-refractivity contribution in [2.75, 3.05) is 46.4 Å². The highest BCUT2D eigenvalue weighted by Gasteiger charge is 2.52. The lowest BCUT2D eigenvalue weighted by atomic mass is 9.87. The van der Waals surface area contributed by atoms with E-state index in [1.165, 1.54) is 10.5 Å². The maximum Gasteiger partial charge on any atom is 0.325 e. The number of rotatable bonds is 7. The molecule has 1 aromatic rings.